The topological polar surface area (TPSA) is 75.7 Å². The summed E-state index contributed by atoms with van der Waals surface area (Å²) in [6.07, 6.45) is 2.06. The Labute approximate surface area is 172 Å². The molecule has 7 heteroatoms. The summed E-state index contributed by atoms with van der Waals surface area (Å²) in [4.78, 5) is 11.8. The highest BCUT2D eigenvalue weighted by molar-refractivity contribution is 7.89. The summed E-state index contributed by atoms with van der Waals surface area (Å²) in [5.74, 6) is 0.729. The van der Waals surface area contributed by atoms with E-state index in [1.807, 2.05) is 18.2 Å². The average molecular weight is 417 g/mol. The van der Waals surface area contributed by atoms with E-state index in [1.165, 1.54) is 17.7 Å². The van der Waals surface area contributed by atoms with Gasteiger partial charge in [-0.15, -0.1) is 0 Å². The lowest BCUT2D eigenvalue weighted by atomic mass is 9.91. The second-order valence-corrected chi connectivity index (χ2v) is 9.32. The molecule has 0 aromatic heterocycles. The standard InChI is InChI=1S/C22H28N2O4S/c1-17(22(25)23-2)28-20-8-10-21(11-9-20)29(26,27)24-14-12-19(13-15-24)16-18-6-4-3-5-7-18/h3-11,17,19H,12-16H2,1-2H3,(H,23,25)/t17-/m1/s1. The van der Waals surface area contributed by atoms with E-state index in [9.17, 15) is 13.2 Å². The van der Waals surface area contributed by atoms with Crippen molar-refractivity contribution in [3.63, 3.8) is 0 Å². The van der Waals surface area contributed by atoms with Crippen LogP contribution in [0.5, 0.6) is 5.75 Å². The van der Waals surface area contributed by atoms with Gasteiger partial charge < -0.3 is 10.1 Å². The molecule has 1 fully saturated rings. The van der Waals surface area contributed by atoms with Gasteiger partial charge in [0.25, 0.3) is 5.91 Å². The molecule has 1 N–H and O–H groups in total. The first-order chi connectivity index (χ1) is 13.9. The maximum atomic E-state index is 13.0. The molecule has 1 saturated heterocycles. The number of carbonyl (C=O) groups excluding carboxylic acids is 1. The predicted octanol–water partition coefficient (Wildman–Crippen LogP) is 2.84. The van der Waals surface area contributed by atoms with Gasteiger partial charge in [0, 0.05) is 20.1 Å². The molecule has 156 valence electrons. The third-order valence-corrected chi connectivity index (χ3v) is 7.24. The Morgan fingerprint density at radius 2 is 1.72 bits per heavy atom. The Hall–Kier alpha value is -2.38. The molecular weight excluding hydrogens is 388 g/mol. The summed E-state index contributed by atoms with van der Waals surface area (Å²) in [5, 5.41) is 2.52. The maximum Gasteiger partial charge on any atom is 0.260 e. The molecule has 1 amide bonds. The minimum absolute atomic E-state index is 0.236. The first-order valence-electron chi connectivity index (χ1n) is 9.92. The fraction of sp³-hybridized carbons (Fsp3) is 0.409. The molecule has 0 bridgehead atoms. The van der Waals surface area contributed by atoms with Gasteiger partial charge in [-0.3, -0.25) is 4.79 Å². The van der Waals surface area contributed by atoms with E-state index in [1.54, 1.807) is 30.4 Å². The molecular formula is C22H28N2O4S. The van der Waals surface area contributed by atoms with Gasteiger partial charge in [0.05, 0.1) is 4.90 Å². The minimum Gasteiger partial charge on any atom is -0.481 e. The highest BCUT2D eigenvalue weighted by Crippen LogP contribution is 2.27. The molecule has 3 rings (SSSR count). The van der Waals surface area contributed by atoms with Crippen molar-refractivity contribution in [1.82, 2.24) is 9.62 Å². The molecule has 6 nitrogen and oxygen atoms in total. The van der Waals surface area contributed by atoms with E-state index in [0.717, 1.165) is 19.3 Å². The molecule has 1 aliphatic heterocycles. The van der Waals surface area contributed by atoms with Crippen molar-refractivity contribution < 1.29 is 17.9 Å². The van der Waals surface area contributed by atoms with Crippen molar-refractivity contribution in [1.29, 1.82) is 0 Å². The summed E-state index contributed by atoms with van der Waals surface area (Å²) in [6.45, 7) is 2.71. The Kier molecular flexibility index (Phi) is 6.92. The van der Waals surface area contributed by atoms with Crippen molar-refractivity contribution in [2.45, 2.75) is 37.2 Å². The number of benzene rings is 2. The third kappa shape index (κ3) is 5.36. The second-order valence-electron chi connectivity index (χ2n) is 7.38. The number of piperidine rings is 1. The van der Waals surface area contributed by atoms with Crippen molar-refractivity contribution in [2.24, 2.45) is 5.92 Å². The number of nitrogens with one attached hydrogen (secondary N) is 1. The molecule has 1 aliphatic rings. The van der Waals surface area contributed by atoms with Crippen LogP contribution in [0.1, 0.15) is 25.3 Å². The summed E-state index contributed by atoms with van der Waals surface area (Å²) in [6, 6.07) is 16.6. The number of hydrogen-bond acceptors (Lipinski definition) is 4. The van der Waals surface area contributed by atoms with E-state index in [0.29, 0.717) is 24.8 Å². The summed E-state index contributed by atoms with van der Waals surface area (Å²) in [7, 11) is -1.98. The Morgan fingerprint density at radius 3 is 2.31 bits per heavy atom. The van der Waals surface area contributed by atoms with Gasteiger partial charge in [0.1, 0.15) is 5.75 Å². The average Bonchev–Trinajstić information content (AvgIpc) is 2.74. The number of sulfonamides is 1. The van der Waals surface area contributed by atoms with Crippen LogP contribution in [0.3, 0.4) is 0 Å². The zero-order valence-corrected chi connectivity index (χ0v) is 17.7. The number of likely N-dealkylation sites (N-methyl/N-ethyl adjacent to an activating group) is 1. The fourth-order valence-corrected chi connectivity index (χ4v) is 5.07. The quantitative estimate of drug-likeness (QED) is 0.753. The largest absolute Gasteiger partial charge is 0.481 e. The minimum atomic E-state index is -3.53. The molecule has 0 aliphatic carbocycles. The second kappa shape index (κ2) is 9.41. The molecule has 29 heavy (non-hydrogen) atoms. The van der Waals surface area contributed by atoms with Gasteiger partial charge >= 0.3 is 0 Å². The molecule has 0 spiro atoms. The number of amides is 1. The molecule has 2 aromatic rings. The van der Waals surface area contributed by atoms with Crippen LogP contribution in [0.25, 0.3) is 0 Å². The first kappa shape index (κ1) is 21.3. The fourth-order valence-electron chi connectivity index (χ4n) is 3.60. The Bertz CT molecular complexity index is 906. The molecule has 0 unspecified atom stereocenters. The monoisotopic (exact) mass is 416 g/mol. The molecule has 1 heterocycles. The lowest BCUT2D eigenvalue weighted by Crippen LogP contribution is -2.38. The number of rotatable bonds is 7. The smallest absolute Gasteiger partial charge is 0.260 e. The normalized spacial score (nSPS) is 16.9. The van der Waals surface area contributed by atoms with Crippen LogP contribution < -0.4 is 10.1 Å². The van der Waals surface area contributed by atoms with Crippen molar-refractivity contribution in [3.8, 4) is 5.75 Å². The van der Waals surface area contributed by atoms with E-state index in [4.69, 9.17) is 4.74 Å². The first-order valence-corrected chi connectivity index (χ1v) is 11.4. The van der Waals surface area contributed by atoms with Gasteiger partial charge in [-0.2, -0.15) is 4.31 Å². The number of carbonyl (C=O) groups is 1. The van der Waals surface area contributed by atoms with Crippen molar-refractivity contribution in [3.05, 3.63) is 60.2 Å². The van der Waals surface area contributed by atoms with E-state index >= 15 is 0 Å². The van der Waals surface area contributed by atoms with Gasteiger partial charge in [-0.05, 0) is 61.9 Å². The van der Waals surface area contributed by atoms with E-state index < -0.39 is 16.1 Å². The van der Waals surface area contributed by atoms with Gasteiger partial charge in [0.15, 0.2) is 6.10 Å². The Morgan fingerprint density at radius 1 is 1.10 bits per heavy atom. The van der Waals surface area contributed by atoms with Crippen LogP contribution in [0.4, 0.5) is 0 Å². The maximum absolute atomic E-state index is 13.0. The molecule has 0 radical (unpaired) electrons. The summed E-state index contributed by atoms with van der Waals surface area (Å²) < 4.78 is 33.0. The van der Waals surface area contributed by atoms with Gasteiger partial charge in [0.2, 0.25) is 10.0 Å². The molecule has 2 aromatic carbocycles. The number of hydrogen-bond donors (Lipinski definition) is 1. The van der Waals surface area contributed by atoms with Crippen LogP contribution in [0.2, 0.25) is 0 Å². The van der Waals surface area contributed by atoms with Crippen LogP contribution in [0, 0.1) is 5.92 Å². The molecule has 0 saturated carbocycles. The van der Waals surface area contributed by atoms with E-state index in [2.05, 4.69) is 17.4 Å². The summed E-state index contributed by atoms with van der Waals surface area (Å²) in [5.41, 5.74) is 1.30. The molecule has 1 atom stereocenters. The highest BCUT2D eigenvalue weighted by atomic mass is 32.2. The SMILES string of the molecule is CNC(=O)[C@@H](C)Oc1ccc(S(=O)(=O)N2CCC(Cc3ccccc3)CC2)cc1. The summed E-state index contributed by atoms with van der Waals surface area (Å²) >= 11 is 0. The third-order valence-electron chi connectivity index (χ3n) is 5.33. The number of ether oxygens (including phenoxy) is 1. The van der Waals surface area contributed by atoms with Crippen LogP contribution in [-0.2, 0) is 21.2 Å². The highest BCUT2D eigenvalue weighted by Gasteiger charge is 2.29. The predicted molar refractivity (Wildman–Crippen MR) is 112 cm³/mol. The van der Waals surface area contributed by atoms with Crippen LogP contribution >= 0.6 is 0 Å². The van der Waals surface area contributed by atoms with Crippen molar-refractivity contribution >= 4 is 15.9 Å². The Balaban J connectivity index is 1.59. The van der Waals surface area contributed by atoms with Crippen LogP contribution in [0.15, 0.2) is 59.5 Å². The van der Waals surface area contributed by atoms with Gasteiger partial charge in [-0.1, -0.05) is 30.3 Å². The lowest BCUT2D eigenvalue weighted by Gasteiger charge is -2.31. The van der Waals surface area contributed by atoms with Gasteiger partial charge in [-0.25, -0.2) is 8.42 Å². The number of nitrogens with zero attached hydrogens (tertiary/aromatic N) is 1. The van der Waals surface area contributed by atoms with Crippen LogP contribution in [-0.4, -0.2) is 44.9 Å². The lowest BCUT2D eigenvalue weighted by molar-refractivity contribution is -0.126. The van der Waals surface area contributed by atoms with E-state index in [-0.39, 0.29) is 10.8 Å². The zero-order valence-electron chi connectivity index (χ0n) is 16.9. The zero-order chi connectivity index (χ0) is 20.9. The van der Waals surface area contributed by atoms with Crippen molar-refractivity contribution in [2.75, 3.05) is 20.1 Å².